The molecule has 0 unspecified atom stereocenters. The average Bonchev–Trinajstić information content (AvgIpc) is 2.72. The van der Waals surface area contributed by atoms with Gasteiger partial charge in [0.25, 0.3) is 0 Å². The topological polar surface area (TPSA) is 88.5 Å². The summed E-state index contributed by atoms with van der Waals surface area (Å²) in [5.74, 6) is 1.61. The minimum Gasteiger partial charge on any atom is -0.368 e. The van der Waals surface area contributed by atoms with Crippen molar-refractivity contribution in [1.82, 2.24) is 15.0 Å². The lowest BCUT2D eigenvalue weighted by Crippen LogP contribution is -2.26. The number of aryl methyl sites for hydroxylation is 1. The molecule has 5 nitrogen and oxygen atoms in total. The van der Waals surface area contributed by atoms with E-state index in [1.165, 1.54) is 11.8 Å². The quantitative estimate of drug-likeness (QED) is 0.628. The normalized spacial score (nSPS) is 11.1. The number of nitrogens with two attached hydrogens (primary N) is 1. The first-order valence-electron chi connectivity index (χ1n) is 8.83. The molecule has 6 heteroatoms. The second-order valence-corrected chi connectivity index (χ2v) is 7.16. The van der Waals surface area contributed by atoms with Crippen molar-refractivity contribution in [3.63, 3.8) is 0 Å². The Morgan fingerprint density at radius 1 is 0.963 bits per heavy atom. The summed E-state index contributed by atoms with van der Waals surface area (Å²) >= 11 is 1.50. The Morgan fingerprint density at radius 2 is 1.56 bits per heavy atom. The summed E-state index contributed by atoms with van der Waals surface area (Å²) in [6.45, 7) is 1.98. The van der Waals surface area contributed by atoms with E-state index >= 15 is 0 Å². The summed E-state index contributed by atoms with van der Waals surface area (Å²) in [5, 5.41) is 10.8. The molecule has 2 aromatic carbocycles. The third kappa shape index (κ3) is 4.26. The van der Waals surface area contributed by atoms with E-state index in [9.17, 15) is 5.26 Å². The largest absolute Gasteiger partial charge is 0.368 e. The summed E-state index contributed by atoms with van der Waals surface area (Å²) in [7, 11) is 0. The number of nitriles is 1. The zero-order valence-electron chi connectivity index (χ0n) is 15.2. The smallest absolute Gasteiger partial charge is 0.224 e. The van der Waals surface area contributed by atoms with Gasteiger partial charge in [-0.05, 0) is 17.5 Å². The van der Waals surface area contributed by atoms with Crippen molar-refractivity contribution in [1.29, 1.82) is 5.26 Å². The Bertz CT molecular complexity index is 883. The minimum atomic E-state index is -0.721. The van der Waals surface area contributed by atoms with Crippen LogP contribution < -0.4 is 5.73 Å². The molecule has 0 amide bonds. The summed E-state index contributed by atoms with van der Waals surface area (Å²) < 4.78 is 0. The Hall–Kier alpha value is -2.91. The molecule has 0 fully saturated rings. The van der Waals surface area contributed by atoms with Crippen LogP contribution in [-0.4, -0.2) is 20.7 Å². The predicted molar refractivity (Wildman–Crippen MR) is 108 cm³/mol. The summed E-state index contributed by atoms with van der Waals surface area (Å²) in [4.78, 5) is 12.7. The second-order valence-electron chi connectivity index (χ2n) is 6.09. The van der Waals surface area contributed by atoms with Crippen LogP contribution in [0, 0.1) is 11.3 Å². The van der Waals surface area contributed by atoms with Crippen LogP contribution in [0.3, 0.4) is 0 Å². The van der Waals surface area contributed by atoms with E-state index in [1.54, 1.807) is 0 Å². The first-order valence-corrected chi connectivity index (χ1v) is 9.82. The summed E-state index contributed by atoms with van der Waals surface area (Å²) in [5.41, 5.74) is 7.03. The van der Waals surface area contributed by atoms with Crippen LogP contribution in [0.1, 0.15) is 30.3 Å². The molecule has 0 saturated heterocycles. The van der Waals surface area contributed by atoms with Gasteiger partial charge >= 0.3 is 0 Å². The number of anilines is 1. The van der Waals surface area contributed by atoms with Gasteiger partial charge in [0.15, 0.2) is 5.16 Å². The number of hydrogen-bond acceptors (Lipinski definition) is 6. The molecule has 2 N–H and O–H groups in total. The lowest BCUT2D eigenvalue weighted by Gasteiger charge is -2.27. The van der Waals surface area contributed by atoms with E-state index in [1.807, 2.05) is 67.6 Å². The number of benzene rings is 2. The molecule has 3 aromatic rings. The van der Waals surface area contributed by atoms with E-state index < -0.39 is 5.41 Å². The standard InChI is InChI=1S/C21H21N5S/c1-2-18-24-19(23)26-20(25-18)27-14-13-21(15-22,16-9-5-3-6-10-16)17-11-7-4-8-12-17/h3-12H,2,13-14H2,1H3,(H2,23,24,25,26). The molecule has 136 valence electrons. The van der Waals surface area contributed by atoms with Crippen LogP contribution >= 0.6 is 11.8 Å². The van der Waals surface area contributed by atoms with Gasteiger partial charge in [-0.1, -0.05) is 79.3 Å². The van der Waals surface area contributed by atoms with Crippen LogP contribution in [0.5, 0.6) is 0 Å². The number of hydrogen-bond donors (Lipinski definition) is 1. The molecule has 1 aromatic heterocycles. The minimum absolute atomic E-state index is 0.238. The molecule has 0 radical (unpaired) electrons. The van der Waals surface area contributed by atoms with Gasteiger partial charge in [0.2, 0.25) is 5.95 Å². The highest BCUT2D eigenvalue weighted by Crippen LogP contribution is 2.36. The first kappa shape index (κ1) is 18.9. The molecule has 0 spiro atoms. The maximum atomic E-state index is 10.2. The van der Waals surface area contributed by atoms with Crippen LogP contribution in [0.4, 0.5) is 5.95 Å². The fraction of sp³-hybridized carbons (Fsp3) is 0.238. The highest BCUT2D eigenvalue weighted by molar-refractivity contribution is 7.99. The van der Waals surface area contributed by atoms with Gasteiger partial charge in [-0.2, -0.15) is 15.2 Å². The molecule has 0 aliphatic carbocycles. The van der Waals surface area contributed by atoms with Crippen LogP contribution in [0.15, 0.2) is 65.8 Å². The maximum Gasteiger partial charge on any atom is 0.224 e. The summed E-state index contributed by atoms with van der Waals surface area (Å²) in [6, 6.07) is 22.4. The molecule has 27 heavy (non-hydrogen) atoms. The van der Waals surface area contributed by atoms with Crippen molar-refractivity contribution in [3.05, 3.63) is 77.6 Å². The summed E-state index contributed by atoms with van der Waals surface area (Å²) in [6.07, 6.45) is 1.34. The van der Waals surface area contributed by atoms with Gasteiger partial charge < -0.3 is 5.73 Å². The number of nitrogen functional groups attached to an aromatic ring is 1. The molecule has 0 saturated carbocycles. The van der Waals surface area contributed by atoms with Crippen molar-refractivity contribution < 1.29 is 0 Å². The van der Waals surface area contributed by atoms with Crippen LogP contribution in [-0.2, 0) is 11.8 Å². The van der Waals surface area contributed by atoms with Crippen LogP contribution in [0.25, 0.3) is 0 Å². The van der Waals surface area contributed by atoms with Crippen molar-refractivity contribution in [2.75, 3.05) is 11.5 Å². The molecular weight excluding hydrogens is 354 g/mol. The number of nitrogens with zero attached hydrogens (tertiary/aromatic N) is 4. The second kappa shape index (κ2) is 8.65. The van der Waals surface area contributed by atoms with E-state index in [0.29, 0.717) is 29.6 Å². The van der Waals surface area contributed by atoms with Gasteiger partial charge in [0.05, 0.1) is 6.07 Å². The Balaban J connectivity index is 1.87. The Kier molecular flexibility index (Phi) is 6.05. The van der Waals surface area contributed by atoms with Crippen molar-refractivity contribution in [2.24, 2.45) is 0 Å². The Labute approximate surface area is 163 Å². The highest BCUT2D eigenvalue weighted by Gasteiger charge is 2.34. The number of thioether (sulfide) groups is 1. The van der Waals surface area contributed by atoms with Crippen LogP contribution in [0.2, 0.25) is 0 Å². The first-order chi connectivity index (χ1) is 13.2. The molecular formula is C21H21N5S. The fourth-order valence-corrected chi connectivity index (χ4v) is 3.94. The molecule has 0 bridgehead atoms. The van der Waals surface area contributed by atoms with Crippen molar-refractivity contribution in [2.45, 2.75) is 30.3 Å². The fourth-order valence-electron chi connectivity index (χ4n) is 3.02. The highest BCUT2D eigenvalue weighted by atomic mass is 32.2. The van der Waals surface area contributed by atoms with Crippen molar-refractivity contribution in [3.8, 4) is 6.07 Å². The van der Waals surface area contributed by atoms with E-state index in [-0.39, 0.29) is 5.95 Å². The number of rotatable bonds is 7. The van der Waals surface area contributed by atoms with E-state index in [0.717, 1.165) is 11.1 Å². The SMILES string of the molecule is CCc1nc(N)nc(SCCC(C#N)(c2ccccc2)c2ccccc2)n1. The third-order valence-electron chi connectivity index (χ3n) is 4.43. The average molecular weight is 376 g/mol. The van der Waals surface area contributed by atoms with Gasteiger partial charge in [-0.15, -0.1) is 0 Å². The number of aromatic nitrogens is 3. The van der Waals surface area contributed by atoms with E-state index in [2.05, 4.69) is 21.0 Å². The van der Waals surface area contributed by atoms with Gasteiger partial charge in [0, 0.05) is 12.2 Å². The predicted octanol–water partition coefficient (Wildman–Crippen LogP) is 4.01. The monoisotopic (exact) mass is 375 g/mol. The van der Waals surface area contributed by atoms with Gasteiger partial charge in [-0.25, -0.2) is 4.98 Å². The van der Waals surface area contributed by atoms with Crippen molar-refractivity contribution >= 4 is 17.7 Å². The third-order valence-corrected chi connectivity index (χ3v) is 5.28. The van der Waals surface area contributed by atoms with Gasteiger partial charge in [0.1, 0.15) is 11.2 Å². The lowest BCUT2D eigenvalue weighted by molar-refractivity contribution is 0.637. The molecule has 1 heterocycles. The zero-order valence-corrected chi connectivity index (χ0v) is 16.0. The molecule has 0 aliphatic heterocycles. The molecule has 3 rings (SSSR count). The van der Waals surface area contributed by atoms with Gasteiger partial charge in [-0.3, -0.25) is 0 Å². The maximum absolute atomic E-state index is 10.2. The Morgan fingerprint density at radius 3 is 2.07 bits per heavy atom. The molecule has 0 atom stereocenters. The van der Waals surface area contributed by atoms with E-state index in [4.69, 9.17) is 5.73 Å². The lowest BCUT2D eigenvalue weighted by atomic mass is 9.74. The molecule has 0 aliphatic rings. The zero-order chi connectivity index (χ0) is 19.1.